The molecule has 3 rings (SSSR count). The molecule has 2 aromatic rings. The Hall–Kier alpha value is -2.23. The normalized spacial score (nSPS) is 17.8. The Morgan fingerprint density at radius 3 is 3.00 bits per heavy atom. The highest BCUT2D eigenvalue weighted by atomic mass is 16.3. The number of amides is 2. The zero-order chi connectivity index (χ0) is 15.4. The van der Waals surface area contributed by atoms with E-state index in [1.54, 1.807) is 6.26 Å². The van der Waals surface area contributed by atoms with E-state index in [-0.39, 0.29) is 18.1 Å². The third-order valence-electron chi connectivity index (χ3n) is 4.22. The number of aryl methyl sites for hydroxylation is 2. The van der Waals surface area contributed by atoms with Gasteiger partial charge >= 0.3 is 6.03 Å². The molecule has 0 spiro atoms. The van der Waals surface area contributed by atoms with Gasteiger partial charge in [-0.15, -0.1) is 0 Å². The number of carbonyl (C=O) groups excluding carboxylic acids is 1. The number of hydrogen-bond acceptors (Lipinski definition) is 2. The Labute approximate surface area is 130 Å². The van der Waals surface area contributed by atoms with E-state index in [1.165, 1.54) is 11.1 Å². The molecule has 0 radical (unpaired) electrons. The number of carbonyl (C=O) groups is 1. The maximum Gasteiger partial charge on any atom is 0.315 e. The summed E-state index contributed by atoms with van der Waals surface area (Å²) < 4.78 is 5.31. The summed E-state index contributed by atoms with van der Waals surface area (Å²) in [4.78, 5) is 12.1. The first-order valence-electron chi connectivity index (χ1n) is 7.89. The minimum Gasteiger partial charge on any atom is -0.469 e. The van der Waals surface area contributed by atoms with Crippen LogP contribution < -0.4 is 10.6 Å². The van der Waals surface area contributed by atoms with Crippen LogP contribution >= 0.6 is 0 Å². The number of hydrogen-bond donors (Lipinski definition) is 2. The first kappa shape index (κ1) is 14.7. The van der Waals surface area contributed by atoms with Crippen LogP contribution in [0.4, 0.5) is 4.79 Å². The van der Waals surface area contributed by atoms with Crippen molar-refractivity contribution in [2.24, 2.45) is 0 Å². The van der Waals surface area contributed by atoms with E-state index < -0.39 is 0 Å². The van der Waals surface area contributed by atoms with Gasteiger partial charge in [0.1, 0.15) is 5.76 Å². The number of rotatable bonds is 5. The number of nitrogens with one attached hydrogen (secondary N) is 2. The van der Waals surface area contributed by atoms with Gasteiger partial charge in [0.2, 0.25) is 0 Å². The topological polar surface area (TPSA) is 54.3 Å². The molecule has 1 aromatic heterocycles. The SMILES string of the molecule is CC(CCc1ccco1)NC(=O)NC1CCc2ccccc21. The lowest BCUT2D eigenvalue weighted by Crippen LogP contribution is -2.42. The first-order valence-corrected chi connectivity index (χ1v) is 7.89. The van der Waals surface area contributed by atoms with Crippen LogP contribution in [0.3, 0.4) is 0 Å². The van der Waals surface area contributed by atoms with Crippen molar-refractivity contribution in [1.82, 2.24) is 10.6 Å². The van der Waals surface area contributed by atoms with Gasteiger partial charge in [-0.25, -0.2) is 4.79 Å². The van der Waals surface area contributed by atoms with E-state index in [0.29, 0.717) is 0 Å². The van der Waals surface area contributed by atoms with Crippen molar-refractivity contribution in [2.75, 3.05) is 0 Å². The van der Waals surface area contributed by atoms with Gasteiger partial charge in [-0.05, 0) is 49.4 Å². The third kappa shape index (κ3) is 3.50. The van der Waals surface area contributed by atoms with Gasteiger partial charge in [0.15, 0.2) is 0 Å². The molecular formula is C18H22N2O2. The van der Waals surface area contributed by atoms with Crippen LogP contribution in [-0.4, -0.2) is 12.1 Å². The first-order chi connectivity index (χ1) is 10.7. The lowest BCUT2D eigenvalue weighted by molar-refractivity contribution is 0.233. The average molecular weight is 298 g/mol. The molecule has 1 heterocycles. The highest BCUT2D eigenvalue weighted by Crippen LogP contribution is 2.30. The van der Waals surface area contributed by atoms with Crippen molar-refractivity contribution < 1.29 is 9.21 Å². The van der Waals surface area contributed by atoms with Crippen LogP contribution in [0, 0.1) is 0 Å². The summed E-state index contributed by atoms with van der Waals surface area (Å²) in [7, 11) is 0. The summed E-state index contributed by atoms with van der Waals surface area (Å²) in [6.45, 7) is 2.02. The molecule has 1 aromatic carbocycles. The van der Waals surface area contributed by atoms with Crippen molar-refractivity contribution in [2.45, 2.75) is 44.7 Å². The van der Waals surface area contributed by atoms with Gasteiger partial charge < -0.3 is 15.1 Å². The Morgan fingerprint density at radius 1 is 1.32 bits per heavy atom. The van der Waals surface area contributed by atoms with Gasteiger partial charge in [-0.1, -0.05) is 24.3 Å². The highest BCUT2D eigenvalue weighted by Gasteiger charge is 2.23. The molecule has 1 aliphatic carbocycles. The standard InChI is InChI=1S/C18H22N2O2/c1-13(8-10-15-6-4-12-22-15)19-18(21)20-17-11-9-14-5-2-3-7-16(14)17/h2-7,12-13,17H,8-11H2,1H3,(H2,19,20,21). The van der Waals surface area contributed by atoms with Gasteiger partial charge in [0, 0.05) is 12.5 Å². The zero-order valence-electron chi connectivity index (χ0n) is 12.8. The van der Waals surface area contributed by atoms with Gasteiger partial charge in [0.25, 0.3) is 0 Å². The monoisotopic (exact) mass is 298 g/mol. The number of furan rings is 1. The van der Waals surface area contributed by atoms with Crippen LogP contribution in [0.25, 0.3) is 0 Å². The minimum atomic E-state index is -0.0892. The van der Waals surface area contributed by atoms with Crippen molar-refractivity contribution in [3.05, 3.63) is 59.5 Å². The van der Waals surface area contributed by atoms with Gasteiger partial charge in [-0.2, -0.15) is 0 Å². The average Bonchev–Trinajstić information content (AvgIpc) is 3.15. The molecule has 0 fully saturated rings. The lowest BCUT2D eigenvalue weighted by atomic mass is 10.1. The Balaban J connectivity index is 1.46. The summed E-state index contributed by atoms with van der Waals surface area (Å²) in [5.41, 5.74) is 2.60. The second-order valence-electron chi connectivity index (χ2n) is 5.93. The fourth-order valence-corrected chi connectivity index (χ4v) is 3.02. The van der Waals surface area contributed by atoms with Gasteiger partial charge in [-0.3, -0.25) is 0 Å². The smallest absolute Gasteiger partial charge is 0.315 e. The van der Waals surface area contributed by atoms with E-state index in [1.807, 2.05) is 25.1 Å². The molecule has 2 unspecified atom stereocenters. The third-order valence-corrected chi connectivity index (χ3v) is 4.22. The summed E-state index contributed by atoms with van der Waals surface area (Å²) >= 11 is 0. The second-order valence-corrected chi connectivity index (χ2v) is 5.93. The molecular weight excluding hydrogens is 276 g/mol. The molecule has 116 valence electrons. The lowest BCUT2D eigenvalue weighted by Gasteiger charge is -2.18. The fraction of sp³-hybridized carbons (Fsp3) is 0.389. The zero-order valence-corrected chi connectivity index (χ0v) is 12.8. The van der Waals surface area contributed by atoms with Crippen molar-refractivity contribution in [3.63, 3.8) is 0 Å². The predicted molar refractivity (Wildman–Crippen MR) is 85.7 cm³/mol. The number of fused-ring (bicyclic) bond motifs is 1. The molecule has 0 aliphatic heterocycles. The summed E-state index contributed by atoms with van der Waals surface area (Å²) in [5.74, 6) is 0.957. The molecule has 2 N–H and O–H groups in total. The molecule has 22 heavy (non-hydrogen) atoms. The molecule has 0 bridgehead atoms. The molecule has 0 saturated heterocycles. The van der Waals surface area contributed by atoms with Crippen molar-refractivity contribution >= 4 is 6.03 Å². The van der Waals surface area contributed by atoms with E-state index in [0.717, 1.165) is 31.4 Å². The molecule has 2 amide bonds. The Bertz CT molecular complexity index is 622. The van der Waals surface area contributed by atoms with Crippen LogP contribution in [-0.2, 0) is 12.8 Å². The predicted octanol–water partition coefficient (Wildman–Crippen LogP) is 3.59. The molecule has 4 nitrogen and oxygen atoms in total. The Morgan fingerprint density at radius 2 is 2.18 bits per heavy atom. The Kier molecular flexibility index (Phi) is 4.47. The molecule has 0 saturated carbocycles. The van der Waals surface area contributed by atoms with Crippen molar-refractivity contribution in [3.8, 4) is 0 Å². The number of benzene rings is 1. The largest absolute Gasteiger partial charge is 0.469 e. The second kappa shape index (κ2) is 6.69. The summed E-state index contributed by atoms with van der Waals surface area (Å²) in [6.07, 6.45) is 5.39. The van der Waals surface area contributed by atoms with E-state index in [9.17, 15) is 4.79 Å². The van der Waals surface area contributed by atoms with E-state index in [2.05, 4.69) is 28.8 Å². The quantitative estimate of drug-likeness (QED) is 0.886. The maximum atomic E-state index is 12.1. The summed E-state index contributed by atoms with van der Waals surface area (Å²) in [5, 5.41) is 6.09. The molecule has 1 aliphatic rings. The van der Waals surface area contributed by atoms with Gasteiger partial charge in [0.05, 0.1) is 12.3 Å². The highest BCUT2D eigenvalue weighted by molar-refractivity contribution is 5.75. The minimum absolute atomic E-state index is 0.0892. The number of urea groups is 1. The van der Waals surface area contributed by atoms with Crippen LogP contribution in [0.2, 0.25) is 0 Å². The molecule has 2 atom stereocenters. The maximum absolute atomic E-state index is 12.1. The van der Waals surface area contributed by atoms with Crippen LogP contribution in [0.1, 0.15) is 42.7 Å². The van der Waals surface area contributed by atoms with Crippen molar-refractivity contribution in [1.29, 1.82) is 0 Å². The summed E-state index contributed by atoms with van der Waals surface area (Å²) in [6, 6.07) is 12.3. The van der Waals surface area contributed by atoms with Crippen LogP contribution in [0.5, 0.6) is 0 Å². The van der Waals surface area contributed by atoms with Crippen LogP contribution in [0.15, 0.2) is 47.1 Å². The molecule has 4 heteroatoms. The fourth-order valence-electron chi connectivity index (χ4n) is 3.02. The van der Waals surface area contributed by atoms with E-state index >= 15 is 0 Å². The van der Waals surface area contributed by atoms with E-state index in [4.69, 9.17) is 4.42 Å².